The molecule has 0 aliphatic heterocycles. The molecule has 0 heterocycles. The van der Waals surface area contributed by atoms with E-state index in [0.29, 0.717) is 81.5 Å². The Balaban J connectivity index is 1.71. The molecule has 0 spiro atoms. The Morgan fingerprint density at radius 3 is 1.55 bits per heavy atom. The van der Waals surface area contributed by atoms with E-state index in [9.17, 15) is 34.5 Å². The summed E-state index contributed by atoms with van der Waals surface area (Å²) < 4.78 is 73.6. The van der Waals surface area contributed by atoms with Gasteiger partial charge in [-0.2, -0.15) is 0 Å². The second-order valence-corrected chi connectivity index (χ2v) is 43.4. The molecule has 10 unspecified atom stereocenters. The third-order valence-corrected chi connectivity index (χ3v) is 32.4. The van der Waals surface area contributed by atoms with Gasteiger partial charge in [-0.05, 0) is 196 Å². The molecule has 1 aromatic rings. The van der Waals surface area contributed by atoms with Gasteiger partial charge in [-0.1, -0.05) is 30.3 Å². The lowest BCUT2D eigenvalue weighted by Crippen LogP contribution is -2.69. The van der Waals surface area contributed by atoms with E-state index in [-0.39, 0.29) is 102 Å². The number of hydrogen-bond acceptors (Lipinski definition) is 25. The van der Waals surface area contributed by atoms with Crippen LogP contribution in [-0.4, -0.2) is 249 Å². The van der Waals surface area contributed by atoms with Gasteiger partial charge in [-0.3, -0.25) is 34.3 Å². The molecule has 25 nitrogen and oxygen atoms in total. The van der Waals surface area contributed by atoms with Gasteiger partial charge in [0.05, 0.1) is 91.1 Å². The quantitative estimate of drug-likeness (QED) is 0.0129. The number of rotatable bonds is 52. The number of nitrogens with two attached hydrogens (primary N) is 2. The normalized spacial score (nSPS) is 20.9. The van der Waals surface area contributed by atoms with Crippen LogP contribution in [0.15, 0.2) is 30.3 Å². The van der Waals surface area contributed by atoms with Crippen LogP contribution in [0.3, 0.4) is 0 Å². The van der Waals surface area contributed by atoms with Gasteiger partial charge in [0.25, 0.3) is 0 Å². The van der Waals surface area contributed by atoms with Crippen LogP contribution in [0.2, 0.25) is 51.4 Å². The molecule has 9 N–H and O–H groups in total. The second kappa shape index (κ2) is 46.0. The molecule has 2 saturated carbocycles. The van der Waals surface area contributed by atoms with E-state index in [1.165, 1.54) is 0 Å². The minimum Gasteiger partial charge on any atom is -0.466 e. The molecule has 1 aromatic carbocycles. The number of ether oxygens (including phenoxy) is 8. The average Bonchev–Trinajstić information content (AvgIpc) is 0.777. The lowest BCUT2D eigenvalue weighted by Gasteiger charge is -2.44. The van der Waals surface area contributed by atoms with Crippen molar-refractivity contribution in [3.05, 3.63) is 30.3 Å². The standard InChI is InChI=1S/C67H130N6O19Si4/c1-16-85-63(76)40-61(65(78)87-18-3)72(9)56-31-27-54(28-32-56)39-55-29-33-57(34-30-55)73(62(66(79)88-19-4)41-64(77)86-17-2)43-59(75)49-82-36-23-37-93(10,11)90-95(14,15)92-96(60-25-21-20-22-26-60,89-67(80)71-53(8)47-84-45-51(6)69)91-94(12,13)38-24-35-81-48-58(74)42-70-52(7)46-83-44-50(5)68/h20-22,25-26,50-59,61-62,67,70-71,74-75,80H,16-19,23-24,27-49,68-69H2,1-15H3. The zero-order valence-electron chi connectivity index (χ0n) is 61.3. The van der Waals surface area contributed by atoms with Crippen LogP contribution < -0.4 is 27.3 Å². The summed E-state index contributed by atoms with van der Waals surface area (Å²) in [5.41, 5.74) is 11.7. The molecule has 10 atom stereocenters. The number of aliphatic hydroxyl groups excluding tert-OH is 3. The molecule has 0 radical (unpaired) electrons. The first-order valence-electron chi connectivity index (χ1n) is 35.7. The topological polar surface area (TPSA) is 322 Å². The summed E-state index contributed by atoms with van der Waals surface area (Å²) in [7, 11) is -10.7. The Labute approximate surface area is 580 Å². The lowest BCUT2D eigenvalue weighted by atomic mass is 9.75. The van der Waals surface area contributed by atoms with Gasteiger partial charge in [0, 0.05) is 67.7 Å². The number of hydrogen-bond donors (Lipinski definition) is 7. The summed E-state index contributed by atoms with van der Waals surface area (Å²) in [6.07, 6.45) is 6.08. The number of carbonyl (C=O) groups excluding carboxylic acids is 4. The largest absolute Gasteiger partial charge is 0.520 e. The Morgan fingerprint density at radius 2 is 1.04 bits per heavy atom. The first kappa shape index (κ1) is 87.5. The summed E-state index contributed by atoms with van der Waals surface area (Å²) in [6.45, 7) is 30.7. The minimum atomic E-state index is -4.09. The highest BCUT2D eigenvalue weighted by Gasteiger charge is 2.55. The van der Waals surface area contributed by atoms with Crippen LogP contribution in [0, 0.1) is 11.8 Å². The van der Waals surface area contributed by atoms with Crippen LogP contribution in [0.25, 0.3) is 0 Å². The van der Waals surface area contributed by atoms with Crippen molar-refractivity contribution < 1.29 is 89.2 Å². The molecule has 558 valence electrons. The molecule has 3 rings (SSSR count). The third kappa shape index (κ3) is 35.3. The monoisotopic (exact) mass is 1430 g/mol. The molecule has 2 fully saturated rings. The van der Waals surface area contributed by atoms with Gasteiger partial charge in [0.1, 0.15) is 12.1 Å². The lowest BCUT2D eigenvalue weighted by molar-refractivity contribution is -0.158. The van der Waals surface area contributed by atoms with E-state index < -0.39 is 88.6 Å². The van der Waals surface area contributed by atoms with E-state index in [1.54, 1.807) is 27.7 Å². The predicted molar refractivity (Wildman–Crippen MR) is 380 cm³/mol. The van der Waals surface area contributed by atoms with E-state index in [0.717, 1.165) is 57.8 Å². The molecule has 2 aliphatic carbocycles. The van der Waals surface area contributed by atoms with Crippen molar-refractivity contribution >= 4 is 63.1 Å². The average molecular weight is 1440 g/mol. The van der Waals surface area contributed by atoms with Gasteiger partial charge >= 0.3 is 41.2 Å². The van der Waals surface area contributed by atoms with Crippen LogP contribution in [0.4, 0.5) is 0 Å². The zero-order valence-corrected chi connectivity index (χ0v) is 65.3. The number of benzene rings is 1. The van der Waals surface area contributed by atoms with Crippen molar-refractivity contribution in [2.24, 2.45) is 23.3 Å². The Morgan fingerprint density at radius 1 is 0.573 bits per heavy atom. The van der Waals surface area contributed by atoms with Crippen molar-refractivity contribution in [2.45, 2.75) is 257 Å². The van der Waals surface area contributed by atoms with E-state index in [4.69, 9.17) is 66.1 Å². The van der Waals surface area contributed by atoms with Crippen LogP contribution >= 0.6 is 0 Å². The van der Waals surface area contributed by atoms with Crippen molar-refractivity contribution in [1.82, 2.24) is 20.4 Å². The number of esters is 4. The van der Waals surface area contributed by atoms with Crippen molar-refractivity contribution in [3.8, 4) is 0 Å². The first-order chi connectivity index (χ1) is 45.4. The SMILES string of the molecule is CCOC(=O)CC(C(=O)OCC)N(C)C1CCC(CC2CCC(N(CC(O)COCCC[Si](C)(C)O[Si](C)(C)O[Si](OC(O)NC(C)COCC(C)N)(O[Si](C)(C)CCCOCC(O)CNC(C)COCC(C)N)c3ccccc3)C(CC(=O)OCC)C(=O)OCC)CC2)CC1. The maximum Gasteiger partial charge on any atom is 0.520 e. The van der Waals surface area contributed by atoms with Gasteiger partial charge in [-0.15, -0.1) is 0 Å². The summed E-state index contributed by atoms with van der Waals surface area (Å²) in [5.74, 6) is -0.883. The Hall–Kier alpha value is -2.71. The summed E-state index contributed by atoms with van der Waals surface area (Å²) in [5, 5.41) is 41.3. The molecule has 0 bridgehead atoms. The molecule has 29 heteroatoms. The van der Waals surface area contributed by atoms with Crippen LogP contribution in [-0.2, 0) is 73.8 Å². The highest BCUT2D eigenvalue weighted by Crippen LogP contribution is 2.39. The Bertz CT molecular complexity index is 2300. The number of nitrogens with zero attached hydrogens (tertiary/aromatic N) is 2. The first-order valence-corrected chi connectivity index (χ1v) is 46.4. The maximum absolute atomic E-state index is 13.8. The van der Waals surface area contributed by atoms with Crippen molar-refractivity contribution in [3.63, 3.8) is 0 Å². The van der Waals surface area contributed by atoms with E-state index in [2.05, 4.69) is 36.8 Å². The molecule has 0 aromatic heterocycles. The predicted octanol–water partition coefficient (Wildman–Crippen LogP) is 6.02. The fourth-order valence-electron chi connectivity index (χ4n) is 12.8. The van der Waals surface area contributed by atoms with E-state index in [1.807, 2.05) is 88.0 Å². The number of likely N-dealkylation sites (N-methyl/N-ethyl adjacent to an activating group) is 1. The number of carbonyl (C=O) groups is 4. The molecular formula is C67H130N6O19Si4. The highest BCUT2D eigenvalue weighted by atomic mass is 28.5. The molecular weight excluding hydrogens is 1310 g/mol. The van der Waals surface area contributed by atoms with E-state index >= 15 is 0 Å². The van der Waals surface area contributed by atoms with Gasteiger partial charge in [0.2, 0.25) is 6.41 Å². The maximum atomic E-state index is 13.8. The minimum absolute atomic E-state index is 0.00209. The number of aliphatic hydroxyl groups is 3. The summed E-state index contributed by atoms with van der Waals surface area (Å²) in [4.78, 5) is 56.4. The number of nitrogens with one attached hydrogen (secondary N) is 2. The molecule has 2 aliphatic rings. The zero-order chi connectivity index (χ0) is 71.5. The molecule has 0 amide bonds. The second-order valence-electron chi connectivity index (χ2n) is 28.2. The molecule has 96 heavy (non-hydrogen) atoms. The summed E-state index contributed by atoms with van der Waals surface area (Å²) in [6, 6.07) is 8.72. The van der Waals surface area contributed by atoms with Gasteiger partial charge < -0.3 is 86.8 Å². The summed E-state index contributed by atoms with van der Waals surface area (Å²) >= 11 is 0. The fourth-order valence-corrected chi connectivity index (χ4v) is 30.0. The van der Waals surface area contributed by atoms with Crippen molar-refractivity contribution in [2.75, 3.05) is 99.4 Å². The highest BCUT2D eigenvalue weighted by molar-refractivity contribution is 6.93. The van der Waals surface area contributed by atoms with Crippen molar-refractivity contribution in [1.29, 1.82) is 0 Å². The van der Waals surface area contributed by atoms with Gasteiger partial charge in [-0.25, -0.2) is 0 Å². The fraction of sp³-hybridized carbons (Fsp3) is 0.851. The smallest absolute Gasteiger partial charge is 0.466 e. The van der Waals surface area contributed by atoms with Crippen LogP contribution in [0.5, 0.6) is 0 Å². The Kier molecular flexibility index (Phi) is 41.9. The van der Waals surface area contributed by atoms with Crippen LogP contribution in [0.1, 0.15) is 139 Å². The third-order valence-electron chi connectivity index (χ3n) is 17.2. The molecule has 0 saturated heterocycles. The van der Waals surface area contributed by atoms with Gasteiger partial charge in [0.15, 0.2) is 16.6 Å².